The molecule has 2 N–H and O–H groups in total. The highest BCUT2D eigenvalue weighted by atomic mass is 32.1. The fraction of sp³-hybridized carbons (Fsp3) is 0.348. The molecule has 1 atom stereocenters. The number of nitrogens with one attached hydrogen (secondary N) is 2. The van der Waals surface area contributed by atoms with E-state index in [9.17, 15) is 9.59 Å². The van der Waals surface area contributed by atoms with Gasteiger partial charge in [-0.05, 0) is 74.8 Å². The van der Waals surface area contributed by atoms with Crippen molar-refractivity contribution in [3.05, 3.63) is 59.7 Å². The van der Waals surface area contributed by atoms with Crippen LogP contribution in [0.15, 0.2) is 48.5 Å². The van der Waals surface area contributed by atoms with E-state index in [1.807, 2.05) is 24.8 Å². The maximum Gasteiger partial charge on any atom is 0.257 e. The number of anilines is 1. The molecule has 0 spiro atoms. The number of thiocarbonyl (C=S) groups is 1. The van der Waals surface area contributed by atoms with Crippen LogP contribution in [0.3, 0.4) is 0 Å². The maximum absolute atomic E-state index is 12.6. The minimum absolute atomic E-state index is 0.0178. The number of rotatable bonds is 6. The Morgan fingerprint density at radius 2 is 1.80 bits per heavy atom. The van der Waals surface area contributed by atoms with Crippen LogP contribution < -0.4 is 15.4 Å². The lowest BCUT2D eigenvalue weighted by atomic mass is 10.1. The molecule has 0 radical (unpaired) electrons. The van der Waals surface area contributed by atoms with Crippen molar-refractivity contribution in [2.45, 2.75) is 39.2 Å². The molecular formula is C23H27N3O3S. The Balaban J connectivity index is 1.60. The fourth-order valence-electron chi connectivity index (χ4n) is 3.20. The van der Waals surface area contributed by atoms with Crippen molar-refractivity contribution in [1.82, 2.24) is 10.2 Å². The Bertz CT molecular complexity index is 925. The molecule has 3 rings (SSSR count). The van der Waals surface area contributed by atoms with Crippen molar-refractivity contribution in [3.63, 3.8) is 0 Å². The van der Waals surface area contributed by atoms with Gasteiger partial charge in [-0.3, -0.25) is 14.9 Å². The summed E-state index contributed by atoms with van der Waals surface area (Å²) in [5.41, 5.74) is 1.71. The normalized spacial score (nSPS) is 14.1. The molecule has 1 aliphatic heterocycles. The van der Waals surface area contributed by atoms with Gasteiger partial charge in [0.15, 0.2) is 5.11 Å². The van der Waals surface area contributed by atoms with E-state index >= 15 is 0 Å². The zero-order valence-electron chi connectivity index (χ0n) is 17.3. The Labute approximate surface area is 182 Å². The summed E-state index contributed by atoms with van der Waals surface area (Å²) >= 11 is 5.28. The third kappa shape index (κ3) is 5.79. The van der Waals surface area contributed by atoms with Gasteiger partial charge in [0.2, 0.25) is 0 Å². The van der Waals surface area contributed by atoms with E-state index in [-0.39, 0.29) is 23.0 Å². The second-order valence-corrected chi connectivity index (χ2v) is 7.76. The number of ether oxygens (including phenoxy) is 1. The number of likely N-dealkylation sites (tertiary alicyclic amines) is 1. The lowest BCUT2D eigenvalue weighted by molar-refractivity contribution is 0.0792. The molecule has 6 nitrogen and oxygen atoms in total. The van der Waals surface area contributed by atoms with Gasteiger partial charge in [-0.25, -0.2) is 0 Å². The van der Waals surface area contributed by atoms with Gasteiger partial charge in [0.25, 0.3) is 11.8 Å². The van der Waals surface area contributed by atoms with Gasteiger partial charge >= 0.3 is 0 Å². The lowest BCUT2D eigenvalue weighted by Crippen LogP contribution is -2.34. The monoisotopic (exact) mass is 425 g/mol. The van der Waals surface area contributed by atoms with Crippen LogP contribution >= 0.6 is 12.2 Å². The molecule has 0 bridgehead atoms. The van der Waals surface area contributed by atoms with Crippen LogP contribution in [-0.2, 0) is 0 Å². The molecule has 0 saturated carbocycles. The van der Waals surface area contributed by atoms with Gasteiger partial charge in [0, 0.05) is 29.9 Å². The highest BCUT2D eigenvalue weighted by Crippen LogP contribution is 2.17. The summed E-state index contributed by atoms with van der Waals surface area (Å²) in [7, 11) is 0. The first-order chi connectivity index (χ1) is 14.5. The van der Waals surface area contributed by atoms with Crippen molar-refractivity contribution in [3.8, 4) is 5.75 Å². The van der Waals surface area contributed by atoms with E-state index in [2.05, 4.69) is 10.6 Å². The van der Waals surface area contributed by atoms with E-state index in [0.717, 1.165) is 32.4 Å². The van der Waals surface area contributed by atoms with Gasteiger partial charge in [-0.15, -0.1) is 0 Å². The smallest absolute Gasteiger partial charge is 0.257 e. The van der Waals surface area contributed by atoms with E-state index < -0.39 is 0 Å². The fourth-order valence-corrected chi connectivity index (χ4v) is 3.41. The summed E-state index contributed by atoms with van der Waals surface area (Å²) in [6.07, 6.45) is 3.04. The zero-order chi connectivity index (χ0) is 21.5. The highest BCUT2D eigenvalue weighted by molar-refractivity contribution is 7.80. The first-order valence-corrected chi connectivity index (χ1v) is 10.7. The average Bonchev–Trinajstić information content (AvgIpc) is 3.28. The van der Waals surface area contributed by atoms with Crippen LogP contribution in [0.5, 0.6) is 5.75 Å². The molecule has 2 amide bonds. The maximum atomic E-state index is 12.6. The quantitative estimate of drug-likeness (QED) is 0.678. The lowest BCUT2D eigenvalue weighted by Gasteiger charge is -2.16. The topological polar surface area (TPSA) is 70.7 Å². The predicted molar refractivity (Wildman–Crippen MR) is 122 cm³/mol. The first kappa shape index (κ1) is 21.8. The molecule has 1 fully saturated rings. The Morgan fingerprint density at radius 3 is 2.53 bits per heavy atom. The number of amides is 2. The number of carbonyl (C=O) groups is 2. The Morgan fingerprint density at radius 1 is 1.10 bits per heavy atom. The van der Waals surface area contributed by atoms with Crippen LogP contribution in [-0.4, -0.2) is 41.0 Å². The molecule has 7 heteroatoms. The summed E-state index contributed by atoms with van der Waals surface area (Å²) in [6.45, 7) is 5.61. The summed E-state index contributed by atoms with van der Waals surface area (Å²) in [5, 5.41) is 5.82. The van der Waals surface area contributed by atoms with Crippen molar-refractivity contribution in [2.75, 3.05) is 18.4 Å². The minimum Gasteiger partial charge on any atom is -0.491 e. The molecule has 2 aromatic rings. The molecular weight excluding hydrogens is 398 g/mol. The van der Waals surface area contributed by atoms with Crippen LogP contribution in [0.2, 0.25) is 0 Å². The van der Waals surface area contributed by atoms with Crippen LogP contribution in [0.4, 0.5) is 5.69 Å². The highest BCUT2D eigenvalue weighted by Gasteiger charge is 2.19. The van der Waals surface area contributed by atoms with Gasteiger partial charge < -0.3 is 15.0 Å². The zero-order valence-corrected chi connectivity index (χ0v) is 18.1. The Kier molecular flexibility index (Phi) is 7.41. The van der Waals surface area contributed by atoms with Crippen molar-refractivity contribution in [2.24, 2.45) is 0 Å². The minimum atomic E-state index is -0.327. The number of carbonyl (C=O) groups excluding carboxylic acids is 2. The first-order valence-electron chi connectivity index (χ1n) is 10.2. The van der Waals surface area contributed by atoms with Crippen LogP contribution in [0.1, 0.15) is 53.8 Å². The predicted octanol–water partition coefficient (Wildman–Crippen LogP) is 4.23. The number of hydrogen-bond acceptors (Lipinski definition) is 4. The van der Waals surface area contributed by atoms with Crippen LogP contribution in [0, 0.1) is 0 Å². The third-order valence-corrected chi connectivity index (χ3v) is 5.20. The molecule has 158 valence electrons. The van der Waals surface area contributed by atoms with Crippen molar-refractivity contribution < 1.29 is 14.3 Å². The average molecular weight is 426 g/mol. The molecule has 1 aliphatic rings. The molecule has 1 heterocycles. The van der Waals surface area contributed by atoms with E-state index in [4.69, 9.17) is 17.0 Å². The van der Waals surface area contributed by atoms with Gasteiger partial charge in [-0.1, -0.05) is 19.1 Å². The molecule has 0 aromatic heterocycles. The number of hydrogen-bond donors (Lipinski definition) is 2. The largest absolute Gasteiger partial charge is 0.491 e. The van der Waals surface area contributed by atoms with E-state index in [1.54, 1.807) is 42.5 Å². The molecule has 1 saturated heterocycles. The number of benzene rings is 2. The van der Waals surface area contributed by atoms with E-state index in [0.29, 0.717) is 22.6 Å². The van der Waals surface area contributed by atoms with E-state index in [1.165, 1.54) is 0 Å². The van der Waals surface area contributed by atoms with Gasteiger partial charge in [-0.2, -0.15) is 0 Å². The van der Waals surface area contributed by atoms with Crippen LogP contribution in [0.25, 0.3) is 0 Å². The molecule has 2 aromatic carbocycles. The molecule has 0 aliphatic carbocycles. The summed E-state index contributed by atoms with van der Waals surface area (Å²) in [5.74, 6) is 0.333. The number of nitrogens with zero attached hydrogens (tertiary/aromatic N) is 1. The van der Waals surface area contributed by atoms with Crippen molar-refractivity contribution in [1.29, 1.82) is 0 Å². The summed E-state index contributed by atoms with van der Waals surface area (Å²) in [4.78, 5) is 27.0. The standard InChI is InChI=1S/C23H27N3O3S/c1-3-16(2)29-20-11-7-8-17(15-20)21(27)25-23(30)24-19-10-6-9-18(14-19)22(28)26-12-4-5-13-26/h6-11,14-16H,3-5,12-13H2,1-2H3,(H2,24,25,27,30). The Hall–Kier alpha value is -2.93. The second kappa shape index (κ2) is 10.2. The summed E-state index contributed by atoms with van der Waals surface area (Å²) < 4.78 is 5.77. The molecule has 1 unspecified atom stereocenters. The van der Waals surface area contributed by atoms with Crippen molar-refractivity contribution >= 4 is 34.8 Å². The molecule has 30 heavy (non-hydrogen) atoms. The SMILES string of the molecule is CCC(C)Oc1cccc(C(=O)NC(=S)Nc2cccc(C(=O)N3CCCC3)c2)c1. The second-order valence-electron chi connectivity index (χ2n) is 7.35. The van der Waals surface area contributed by atoms with Gasteiger partial charge in [0.05, 0.1) is 6.10 Å². The summed E-state index contributed by atoms with van der Waals surface area (Å²) in [6, 6.07) is 14.1. The van der Waals surface area contributed by atoms with Gasteiger partial charge in [0.1, 0.15) is 5.75 Å². The third-order valence-electron chi connectivity index (χ3n) is 5.00.